The molecule has 2 amide bonds. The first kappa shape index (κ1) is 19.4. The van der Waals surface area contributed by atoms with Crippen LogP contribution in [0.4, 0.5) is 5.69 Å². The SMILES string of the molecule is C=CCn1c(SCC(=O)Nc2ccc(C(N)=O)cc2)nnc1-c1ccccc1. The number of nitrogens with one attached hydrogen (secondary N) is 1. The van der Waals surface area contributed by atoms with Gasteiger partial charge in [-0.2, -0.15) is 0 Å². The van der Waals surface area contributed by atoms with Crippen molar-refractivity contribution in [3.05, 3.63) is 72.8 Å². The van der Waals surface area contributed by atoms with Gasteiger partial charge in [-0.3, -0.25) is 14.2 Å². The Balaban J connectivity index is 1.66. The molecule has 0 aliphatic rings. The van der Waals surface area contributed by atoms with Gasteiger partial charge >= 0.3 is 0 Å². The lowest BCUT2D eigenvalue weighted by atomic mass is 10.2. The molecule has 0 saturated carbocycles. The van der Waals surface area contributed by atoms with E-state index in [2.05, 4.69) is 22.1 Å². The third-order valence-corrected chi connectivity index (χ3v) is 4.81. The van der Waals surface area contributed by atoms with Crippen LogP contribution in [0.2, 0.25) is 0 Å². The Morgan fingerprint density at radius 3 is 2.46 bits per heavy atom. The summed E-state index contributed by atoms with van der Waals surface area (Å²) in [6.07, 6.45) is 1.76. The number of nitrogens with zero attached hydrogens (tertiary/aromatic N) is 3. The largest absolute Gasteiger partial charge is 0.366 e. The Morgan fingerprint density at radius 1 is 1.11 bits per heavy atom. The average molecular weight is 393 g/mol. The molecule has 0 unspecified atom stereocenters. The minimum atomic E-state index is -0.510. The van der Waals surface area contributed by atoms with Crippen LogP contribution in [0, 0.1) is 0 Å². The summed E-state index contributed by atoms with van der Waals surface area (Å²) in [4.78, 5) is 23.3. The molecule has 0 fully saturated rings. The van der Waals surface area contributed by atoms with Crippen LogP contribution in [-0.2, 0) is 11.3 Å². The smallest absolute Gasteiger partial charge is 0.248 e. The number of benzene rings is 2. The summed E-state index contributed by atoms with van der Waals surface area (Å²) in [7, 11) is 0. The Hall–Kier alpha value is -3.39. The Morgan fingerprint density at radius 2 is 1.82 bits per heavy atom. The second kappa shape index (κ2) is 9.01. The number of carbonyl (C=O) groups is 2. The van der Waals surface area contributed by atoms with Gasteiger partial charge in [0.2, 0.25) is 11.8 Å². The number of anilines is 1. The number of aromatic nitrogens is 3. The second-order valence-corrected chi connectivity index (χ2v) is 6.79. The zero-order valence-corrected chi connectivity index (χ0v) is 15.9. The standard InChI is InChI=1S/C20H19N5O2S/c1-2-12-25-19(15-6-4-3-5-7-15)23-24-20(25)28-13-17(26)22-16-10-8-14(9-11-16)18(21)27/h2-11H,1,12-13H2,(H2,21,27)(H,22,26). The lowest BCUT2D eigenvalue weighted by Crippen LogP contribution is -2.15. The number of hydrogen-bond acceptors (Lipinski definition) is 5. The van der Waals surface area contributed by atoms with E-state index < -0.39 is 5.91 Å². The summed E-state index contributed by atoms with van der Waals surface area (Å²) in [6, 6.07) is 16.1. The molecule has 3 rings (SSSR count). The number of primary amides is 1. The highest BCUT2D eigenvalue weighted by Gasteiger charge is 2.15. The highest BCUT2D eigenvalue weighted by atomic mass is 32.2. The summed E-state index contributed by atoms with van der Waals surface area (Å²) >= 11 is 1.29. The number of rotatable bonds is 8. The number of nitrogens with two attached hydrogens (primary N) is 1. The van der Waals surface area contributed by atoms with E-state index in [0.717, 1.165) is 11.4 Å². The molecule has 8 heteroatoms. The van der Waals surface area contributed by atoms with E-state index in [-0.39, 0.29) is 11.7 Å². The molecule has 1 aromatic heterocycles. The minimum Gasteiger partial charge on any atom is -0.366 e. The first-order chi connectivity index (χ1) is 13.6. The fraction of sp³-hybridized carbons (Fsp3) is 0.100. The van der Waals surface area contributed by atoms with Crippen LogP contribution < -0.4 is 11.1 Å². The maximum Gasteiger partial charge on any atom is 0.248 e. The molecule has 3 N–H and O–H groups in total. The molecule has 0 saturated heterocycles. The molecule has 3 aromatic rings. The monoisotopic (exact) mass is 393 g/mol. The van der Waals surface area contributed by atoms with Gasteiger partial charge in [-0.05, 0) is 24.3 Å². The van der Waals surface area contributed by atoms with E-state index in [9.17, 15) is 9.59 Å². The van der Waals surface area contributed by atoms with Crippen LogP contribution in [0.3, 0.4) is 0 Å². The molecule has 0 spiro atoms. The molecule has 142 valence electrons. The van der Waals surface area contributed by atoms with Crippen molar-refractivity contribution in [1.82, 2.24) is 14.8 Å². The van der Waals surface area contributed by atoms with Crippen LogP contribution >= 0.6 is 11.8 Å². The third-order valence-electron chi connectivity index (χ3n) is 3.85. The Kier molecular flexibility index (Phi) is 6.23. The fourth-order valence-corrected chi connectivity index (χ4v) is 3.28. The van der Waals surface area contributed by atoms with Gasteiger partial charge < -0.3 is 11.1 Å². The third kappa shape index (κ3) is 4.66. The topological polar surface area (TPSA) is 103 Å². The zero-order valence-electron chi connectivity index (χ0n) is 15.0. The van der Waals surface area contributed by atoms with Gasteiger partial charge in [0, 0.05) is 23.4 Å². The number of carbonyl (C=O) groups excluding carboxylic acids is 2. The first-order valence-electron chi connectivity index (χ1n) is 8.50. The van der Waals surface area contributed by atoms with Gasteiger partial charge in [0.15, 0.2) is 11.0 Å². The number of allylic oxidation sites excluding steroid dienone is 1. The van der Waals surface area contributed by atoms with Gasteiger partial charge in [0.05, 0.1) is 5.75 Å². The minimum absolute atomic E-state index is 0.168. The quantitative estimate of drug-likeness (QED) is 0.452. The van der Waals surface area contributed by atoms with E-state index in [1.165, 1.54) is 11.8 Å². The second-order valence-electron chi connectivity index (χ2n) is 5.85. The summed E-state index contributed by atoms with van der Waals surface area (Å²) in [5.41, 5.74) is 7.13. The maximum atomic E-state index is 12.2. The zero-order chi connectivity index (χ0) is 19.9. The lowest BCUT2D eigenvalue weighted by molar-refractivity contribution is -0.113. The van der Waals surface area contributed by atoms with E-state index in [1.807, 2.05) is 34.9 Å². The van der Waals surface area contributed by atoms with Crippen LogP contribution in [-0.4, -0.2) is 32.3 Å². The van der Waals surface area contributed by atoms with Crippen molar-refractivity contribution in [1.29, 1.82) is 0 Å². The van der Waals surface area contributed by atoms with Gasteiger partial charge in [-0.1, -0.05) is 48.2 Å². The summed E-state index contributed by atoms with van der Waals surface area (Å²) in [5, 5.41) is 11.9. The van der Waals surface area contributed by atoms with Crippen molar-refractivity contribution >= 4 is 29.3 Å². The normalized spacial score (nSPS) is 10.4. The van der Waals surface area contributed by atoms with Crippen molar-refractivity contribution in [2.75, 3.05) is 11.1 Å². The highest BCUT2D eigenvalue weighted by Crippen LogP contribution is 2.24. The van der Waals surface area contributed by atoms with Gasteiger partial charge in [-0.25, -0.2) is 0 Å². The molecule has 7 nitrogen and oxygen atoms in total. The number of thioether (sulfide) groups is 1. The molecule has 0 aliphatic heterocycles. The van der Waals surface area contributed by atoms with E-state index in [4.69, 9.17) is 5.73 Å². The van der Waals surface area contributed by atoms with Crippen molar-refractivity contribution in [3.63, 3.8) is 0 Å². The van der Waals surface area contributed by atoms with Crippen molar-refractivity contribution in [2.45, 2.75) is 11.7 Å². The lowest BCUT2D eigenvalue weighted by Gasteiger charge is -2.08. The molecule has 1 heterocycles. The number of amides is 2. The van der Waals surface area contributed by atoms with Gasteiger partial charge in [0.1, 0.15) is 0 Å². The highest BCUT2D eigenvalue weighted by molar-refractivity contribution is 7.99. The van der Waals surface area contributed by atoms with Crippen LogP contribution in [0.15, 0.2) is 72.4 Å². The van der Waals surface area contributed by atoms with Gasteiger partial charge in [0.25, 0.3) is 0 Å². The molecule has 2 aromatic carbocycles. The van der Waals surface area contributed by atoms with Crippen LogP contribution in [0.1, 0.15) is 10.4 Å². The van der Waals surface area contributed by atoms with Crippen molar-refractivity contribution in [3.8, 4) is 11.4 Å². The molecule has 0 radical (unpaired) electrons. The molecule has 28 heavy (non-hydrogen) atoms. The summed E-state index contributed by atoms with van der Waals surface area (Å²) < 4.78 is 1.92. The van der Waals surface area contributed by atoms with Crippen LogP contribution in [0.5, 0.6) is 0 Å². The molecular formula is C20H19N5O2S. The Bertz CT molecular complexity index is 984. The van der Waals surface area contributed by atoms with Crippen LogP contribution in [0.25, 0.3) is 11.4 Å². The maximum absolute atomic E-state index is 12.2. The number of hydrogen-bond donors (Lipinski definition) is 2. The van der Waals surface area contributed by atoms with Crippen molar-refractivity contribution < 1.29 is 9.59 Å². The molecule has 0 aliphatic carbocycles. The summed E-state index contributed by atoms with van der Waals surface area (Å²) in [6.45, 7) is 4.32. The van der Waals surface area contributed by atoms with E-state index >= 15 is 0 Å². The molecule has 0 atom stereocenters. The molecule has 0 bridgehead atoms. The fourth-order valence-electron chi connectivity index (χ4n) is 2.53. The first-order valence-corrected chi connectivity index (χ1v) is 9.49. The summed E-state index contributed by atoms with van der Waals surface area (Å²) in [5.74, 6) is 0.197. The van der Waals surface area contributed by atoms with Crippen molar-refractivity contribution in [2.24, 2.45) is 5.73 Å². The van der Waals surface area contributed by atoms with E-state index in [1.54, 1.807) is 30.3 Å². The molecular weight excluding hydrogens is 374 g/mol. The predicted molar refractivity (Wildman–Crippen MR) is 110 cm³/mol. The van der Waals surface area contributed by atoms with E-state index in [0.29, 0.717) is 23.0 Å². The predicted octanol–water partition coefficient (Wildman–Crippen LogP) is 2.96. The Labute approximate surface area is 166 Å². The average Bonchev–Trinajstić information content (AvgIpc) is 3.10. The van der Waals surface area contributed by atoms with Gasteiger partial charge in [-0.15, -0.1) is 16.8 Å².